The molecule has 1 saturated heterocycles. The number of imidazole rings is 1. The maximum atomic E-state index is 11.4. The van der Waals surface area contributed by atoms with Gasteiger partial charge < -0.3 is 21.4 Å². The fourth-order valence-corrected chi connectivity index (χ4v) is 2.68. The lowest BCUT2D eigenvalue weighted by Crippen LogP contribution is -2.46. The van der Waals surface area contributed by atoms with E-state index in [0.29, 0.717) is 18.0 Å². The Bertz CT molecular complexity index is 652. The number of fused-ring (bicyclic) bond motifs is 1. The molecule has 0 spiro atoms. The van der Waals surface area contributed by atoms with Gasteiger partial charge in [-0.2, -0.15) is 9.97 Å². The van der Waals surface area contributed by atoms with Gasteiger partial charge in [-0.15, -0.1) is 0 Å². The van der Waals surface area contributed by atoms with Gasteiger partial charge in [0.2, 0.25) is 11.9 Å². The van der Waals surface area contributed by atoms with Crippen molar-refractivity contribution in [2.24, 2.45) is 11.7 Å². The van der Waals surface area contributed by atoms with Crippen molar-refractivity contribution in [1.82, 2.24) is 19.9 Å². The van der Waals surface area contributed by atoms with Gasteiger partial charge in [-0.1, -0.05) is 0 Å². The summed E-state index contributed by atoms with van der Waals surface area (Å²) in [7, 11) is 0. The number of anilines is 2. The smallest absolute Gasteiger partial charge is 0.224 e. The SMILES string of the molecule is CC1CCC(C(N)=O)CN1c1nc(N)nc2nc[nH]c12. The van der Waals surface area contributed by atoms with Gasteiger partial charge in [0.05, 0.1) is 12.2 Å². The van der Waals surface area contributed by atoms with Crippen LogP contribution in [0.5, 0.6) is 0 Å². The summed E-state index contributed by atoms with van der Waals surface area (Å²) in [5, 5.41) is 0. The Morgan fingerprint density at radius 3 is 3.00 bits per heavy atom. The average molecular weight is 275 g/mol. The van der Waals surface area contributed by atoms with E-state index in [1.54, 1.807) is 6.33 Å². The van der Waals surface area contributed by atoms with Gasteiger partial charge in [-0.3, -0.25) is 4.79 Å². The minimum Gasteiger partial charge on any atom is -0.369 e. The molecule has 2 atom stereocenters. The Morgan fingerprint density at radius 1 is 1.45 bits per heavy atom. The van der Waals surface area contributed by atoms with E-state index in [2.05, 4.69) is 31.8 Å². The van der Waals surface area contributed by atoms with E-state index in [1.165, 1.54) is 0 Å². The zero-order valence-corrected chi connectivity index (χ0v) is 11.2. The Hall–Kier alpha value is -2.38. The third kappa shape index (κ3) is 2.02. The molecule has 0 saturated carbocycles. The number of aromatic nitrogens is 4. The van der Waals surface area contributed by atoms with Gasteiger partial charge in [0.25, 0.3) is 0 Å². The molecular weight excluding hydrogens is 258 g/mol. The third-order valence-electron chi connectivity index (χ3n) is 3.84. The summed E-state index contributed by atoms with van der Waals surface area (Å²) in [4.78, 5) is 29.0. The molecule has 1 aliphatic heterocycles. The minimum absolute atomic E-state index is 0.166. The lowest BCUT2D eigenvalue weighted by molar-refractivity contribution is -0.122. The Morgan fingerprint density at radius 2 is 2.25 bits per heavy atom. The number of hydrogen-bond donors (Lipinski definition) is 3. The molecule has 20 heavy (non-hydrogen) atoms. The molecule has 5 N–H and O–H groups in total. The van der Waals surface area contributed by atoms with Crippen LogP contribution in [0.25, 0.3) is 11.2 Å². The van der Waals surface area contributed by atoms with Gasteiger partial charge >= 0.3 is 0 Å². The van der Waals surface area contributed by atoms with Crippen molar-refractivity contribution >= 4 is 28.8 Å². The van der Waals surface area contributed by atoms with Gasteiger partial charge in [-0.25, -0.2) is 4.98 Å². The molecule has 3 heterocycles. The molecule has 0 aliphatic carbocycles. The molecule has 1 aliphatic rings. The number of nitrogen functional groups attached to an aromatic ring is 1. The largest absolute Gasteiger partial charge is 0.369 e. The summed E-state index contributed by atoms with van der Waals surface area (Å²) < 4.78 is 0. The summed E-state index contributed by atoms with van der Waals surface area (Å²) in [6, 6.07) is 0.256. The topological polar surface area (TPSA) is 127 Å². The molecule has 1 fully saturated rings. The molecule has 2 unspecified atom stereocenters. The second-order valence-electron chi connectivity index (χ2n) is 5.18. The lowest BCUT2D eigenvalue weighted by Gasteiger charge is -2.37. The molecule has 0 bridgehead atoms. The van der Waals surface area contributed by atoms with Crippen molar-refractivity contribution in [3.63, 3.8) is 0 Å². The van der Waals surface area contributed by atoms with Gasteiger partial charge in [-0.05, 0) is 19.8 Å². The molecule has 1 amide bonds. The number of nitrogens with two attached hydrogens (primary N) is 2. The van der Waals surface area contributed by atoms with Crippen LogP contribution < -0.4 is 16.4 Å². The van der Waals surface area contributed by atoms with Crippen molar-refractivity contribution < 1.29 is 4.79 Å². The number of aromatic amines is 1. The predicted molar refractivity (Wildman–Crippen MR) is 74.8 cm³/mol. The number of H-pyrrole nitrogens is 1. The summed E-state index contributed by atoms with van der Waals surface area (Å²) in [5.41, 5.74) is 12.4. The number of piperidine rings is 1. The van der Waals surface area contributed by atoms with E-state index in [9.17, 15) is 4.79 Å². The van der Waals surface area contributed by atoms with Crippen molar-refractivity contribution in [3.8, 4) is 0 Å². The van der Waals surface area contributed by atoms with Crippen molar-refractivity contribution in [3.05, 3.63) is 6.33 Å². The van der Waals surface area contributed by atoms with Crippen LogP contribution >= 0.6 is 0 Å². The molecular formula is C12H17N7O. The summed E-state index contributed by atoms with van der Waals surface area (Å²) in [6.07, 6.45) is 3.25. The highest BCUT2D eigenvalue weighted by molar-refractivity contribution is 5.85. The van der Waals surface area contributed by atoms with Gasteiger partial charge in [0, 0.05) is 12.6 Å². The number of carbonyl (C=O) groups is 1. The van der Waals surface area contributed by atoms with Crippen molar-refractivity contribution in [2.75, 3.05) is 17.2 Å². The van der Waals surface area contributed by atoms with Crippen LogP contribution in [-0.4, -0.2) is 38.4 Å². The summed E-state index contributed by atoms with van der Waals surface area (Å²) >= 11 is 0. The van der Waals surface area contributed by atoms with Crippen LogP contribution in [0.1, 0.15) is 19.8 Å². The quantitative estimate of drug-likeness (QED) is 0.709. The zero-order chi connectivity index (χ0) is 14.3. The summed E-state index contributed by atoms with van der Waals surface area (Å²) in [5.74, 6) is 0.418. The first-order valence-corrected chi connectivity index (χ1v) is 6.59. The lowest BCUT2D eigenvalue weighted by atomic mass is 9.93. The Kier molecular flexibility index (Phi) is 2.92. The van der Waals surface area contributed by atoms with Gasteiger partial charge in [0.1, 0.15) is 5.52 Å². The van der Waals surface area contributed by atoms with Crippen molar-refractivity contribution in [1.29, 1.82) is 0 Å². The zero-order valence-electron chi connectivity index (χ0n) is 11.2. The van der Waals surface area contributed by atoms with E-state index in [0.717, 1.165) is 18.4 Å². The Labute approximate surface area is 115 Å². The minimum atomic E-state index is -0.273. The van der Waals surface area contributed by atoms with Crippen LogP contribution in [0.3, 0.4) is 0 Å². The van der Waals surface area contributed by atoms with Crippen LogP contribution in [0.2, 0.25) is 0 Å². The monoisotopic (exact) mass is 275 g/mol. The first-order valence-electron chi connectivity index (χ1n) is 6.59. The molecule has 2 aromatic rings. The highest BCUT2D eigenvalue weighted by Gasteiger charge is 2.31. The second-order valence-corrected chi connectivity index (χ2v) is 5.18. The molecule has 106 valence electrons. The number of rotatable bonds is 2. The normalized spacial score (nSPS) is 23.1. The standard InChI is InChI=1S/C12H17N7O/c1-6-2-3-7(9(13)20)4-19(6)11-8-10(16-5-15-8)17-12(14)18-11/h5-7H,2-4H2,1H3,(H2,13,20)(H3,14,15,16,17,18). The van der Waals surface area contributed by atoms with Crippen LogP contribution in [0.4, 0.5) is 11.8 Å². The predicted octanol–water partition coefficient (Wildman–Crippen LogP) is 0.0253. The van der Waals surface area contributed by atoms with E-state index in [4.69, 9.17) is 11.5 Å². The van der Waals surface area contributed by atoms with Crippen LogP contribution in [0.15, 0.2) is 6.33 Å². The third-order valence-corrected chi connectivity index (χ3v) is 3.84. The van der Waals surface area contributed by atoms with E-state index in [-0.39, 0.29) is 23.8 Å². The second kappa shape index (κ2) is 4.62. The van der Waals surface area contributed by atoms with Gasteiger partial charge in [0.15, 0.2) is 11.5 Å². The molecule has 0 radical (unpaired) electrons. The fourth-order valence-electron chi connectivity index (χ4n) is 2.68. The van der Waals surface area contributed by atoms with E-state index >= 15 is 0 Å². The maximum absolute atomic E-state index is 11.4. The average Bonchev–Trinajstić information content (AvgIpc) is 2.86. The molecule has 2 aromatic heterocycles. The highest BCUT2D eigenvalue weighted by atomic mass is 16.1. The Balaban J connectivity index is 2.04. The number of nitrogens with one attached hydrogen (secondary N) is 1. The number of amides is 1. The number of hydrogen-bond acceptors (Lipinski definition) is 6. The van der Waals surface area contributed by atoms with E-state index in [1.807, 2.05) is 0 Å². The number of carbonyl (C=O) groups excluding carboxylic acids is 1. The molecule has 8 nitrogen and oxygen atoms in total. The maximum Gasteiger partial charge on any atom is 0.224 e. The number of primary amides is 1. The number of nitrogens with zero attached hydrogens (tertiary/aromatic N) is 4. The highest BCUT2D eigenvalue weighted by Crippen LogP contribution is 2.30. The van der Waals surface area contributed by atoms with Crippen LogP contribution in [-0.2, 0) is 4.79 Å². The summed E-state index contributed by atoms with van der Waals surface area (Å²) in [6.45, 7) is 2.64. The van der Waals surface area contributed by atoms with Crippen molar-refractivity contribution in [2.45, 2.75) is 25.8 Å². The van der Waals surface area contributed by atoms with E-state index < -0.39 is 0 Å². The molecule has 8 heteroatoms. The fraction of sp³-hybridized carbons (Fsp3) is 0.500. The first-order chi connectivity index (χ1) is 9.56. The first kappa shape index (κ1) is 12.6. The molecule has 0 aromatic carbocycles. The van der Waals surface area contributed by atoms with Crippen LogP contribution in [0, 0.1) is 5.92 Å². The molecule has 3 rings (SSSR count).